The number of hydrogen-bond acceptors (Lipinski definition) is 3. The van der Waals surface area contributed by atoms with Crippen molar-refractivity contribution in [1.29, 1.82) is 0 Å². The van der Waals surface area contributed by atoms with Crippen molar-refractivity contribution >= 4 is 11.6 Å². The standard InChI is InChI=1S/C30H33N3O/c34-30(24-8-6-23(7-9-24)22-4-2-1-3-5-22)33-17-14-26-18-25(10-11-29(26)33)27-19-28(27)32-20-21-12-15-31-16-13-21/h1-11,18,21,27-28,31-32H,12-17,19-20H2/t27-,28+/m0/s1. The maximum Gasteiger partial charge on any atom is 0.258 e. The summed E-state index contributed by atoms with van der Waals surface area (Å²) in [5.74, 6) is 1.55. The number of fused-ring (bicyclic) bond motifs is 1. The lowest BCUT2D eigenvalue weighted by Crippen LogP contribution is -2.34. The molecule has 0 spiro atoms. The maximum atomic E-state index is 13.3. The van der Waals surface area contributed by atoms with Gasteiger partial charge in [-0.15, -0.1) is 0 Å². The lowest BCUT2D eigenvalue weighted by atomic mass is 9.98. The zero-order chi connectivity index (χ0) is 22.9. The molecule has 3 aliphatic rings. The van der Waals surface area contributed by atoms with Crippen molar-refractivity contribution in [2.24, 2.45) is 5.92 Å². The summed E-state index contributed by atoms with van der Waals surface area (Å²) >= 11 is 0. The molecular weight excluding hydrogens is 418 g/mol. The minimum absolute atomic E-state index is 0.0963. The number of anilines is 1. The van der Waals surface area contributed by atoms with E-state index < -0.39 is 0 Å². The van der Waals surface area contributed by atoms with Crippen LogP contribution in [0.15, 0.2) is 72.8 Å². The van der Waals surface area contributed by atoms with Crippen LogP contribution < -0.4 is 15.5 Å². The molecule has 3 aromatic rings. The zero-order valence-electron chi connectivity index (χ0n) is 19.7. The second kappa shape index (κ2) is 9.36. The highest BCUT2D eigenvalue weighted by Gasteiger charge is 2.39. The largest absolute Gasteiger partial charge is 0.317 e. The van der Waals surface area contributed by atoms with Gasteiger partial charge in [0.15, 0.2) is 0 Å². The molecule has 2 heterocycles. The Morgan fingerprint density at radius 1 is 0.941 bits per heavy atom. The molecular formula is C30H33N3O. The highest BCUT2D eigenvalue weighted by Crippen LogP contribution is 2.43. The monoisotopic (exact) mass is 451 g/mol. The average Bonchev–Trinajstić information content (AvgIpc) is 3.57. The summed E-state index contributed by atoms with van der Waals surface area (Å²) < 4.78 is 0. The van der Waals surface area contributed by atoms with Gasteiger partial charge in [0.05, 0.1) is 0 Å². The summed E-state index contributed by atoms with van der Waals surface area (Å²) in [7, 11) is 0. The molecule has 0 radical (unpaired) electrons. The Labute approximate surface area is 202 Å². The van der Waals surface area contributed by atoms with Gasteiger partial charge in [0.25, 0.3) is 5.91 Å². The summed E-state index contributed by atoms with van der Waals surface area (Å²) in [5.41, 5.74) is 6.89. The summed E-state index contributed by atoms with van der Waals surface area (Å²) in [6.45, 7) is 4.24. The Morgan fingerprint density at radius 3 is 2.50 bits per heavy atom. The molecule has 2 N–H and O–H groups in total. The smallest absolute Gasteiger partial charge is 0.258 e. The molecule has 2 aliphatic heterocycles. The van der Waals surface area contributed by atoms with Crippen LogP contribution in [0.25, 0.3) is 11.1 Å². The minimum Gasteiger partial charge on any atom is -0.317 e. The number of carbonyl (C=O) groups excluding carboxylic acids is 1. The predicted molar refractivity (Wildman–Crippen MR) is 138 cm³/mol. The van der Waals surface area contributed by atoms with E-state index in [1.165, 1.54) is 36.0 Å². The van der Waals surface area contributed by atoms with Crippen LogP contribution in [0.4, 0.5) is 5.69 Å². The molecule has 1 amide bonds. The SMILES string of the molecule is O=C(c1ccc(-c2ccccc2)cc1)N1CCc2cc([C@@H]3C[C@H]3NCC3CCNCC3)ccc21. The van der Waals surface area contributed by atoms with Gasteiger partial charge in [0.2, 0.25) is 0 Å². The zero-order valence-corrected chi connectivity index (χ0v) is 19.7. The molecule has 2 atom stereocenters. The lowest BCUT2D eigenvalue weighted by molar-refractivity contribution is 0.0989. The molecule has 1 saturated heterocycles. The van der Waals surface area contributed by atoms with Crippen LogP contribution in [0.2, 0.25) is 0 Å². The normalized spacial score (nSPS) is 21.9. The Morgan fingerprint density at radius 2 is 1.71 bits per heavy atom. The third kappa shape index (κ3) is 4.40. The van der Waals surface area contributed by atoms with Crippen molar-refractivity contribution in [3.05, 3.63) is 89.5 Å². The Bertz CT molecular complexity index is 1150. The van der Waals surface area contributed by atoms with Gasteiger partial charge in [-0.3, -0.25) is 4.79 Å². The number of piperidine rings is 1. The Kier molecular flexibility index (Phi) is 5.94. The van der Waals surface area contributed by atoms with Gasteiger partial charge < -0.3 is 15.5 Å². The van der Waals surface area contributed by atoms with Gasteiger partial charge in [-0.25, -0.2) is 0 Å². The van der Waals surface area contributed by atoms with Crippen LogP contribution in [0.3, 0.4) is 0 Å². The number of benzene rings is 3. The first-order valence-electron chi connectivity index (χ1n) is 12.8. The fourth-order valence-electron chi connectivity index (χ4n) is 5.65. The van der Waals surface area contributed by atoms with Gasteiger partial charge in [-0.05, 0) is 91.7 Å². The van der Waals surface area contributed by atoms with E-state index >= 15 is 0 Å². The minimum atomic E-state index is 0.0963. The van der Waals surface area contributed by atoms with Crippen molar-refractivity contribution in [2.75, 3.05) is 31.1 Å². The fourth-order valence-corrected chi connectivity index (χ4v) is 5.65. The third-order valence-electron chi connectivity index (χ3n) is 7.83. The van der Waals surface area contributed by atoms with E-state index in [0.717, 1.165) is 55.3 Å². The summed E-state index contributed by atoms with van der Waals surface area (Å²) in [4.78, 5) is 15.2. The second-order valence-corrected chi connectivity index (χ2v) is 10.1. The van der Waals surface area contributed by atoms with Gasteiger partial charge in [-0.1, -0.05) is 54.6 Å². The summed E-state index contributed by atoms with van der Waals surface area (Å²) in [5, 5.41) is 7.27. The molecule has 2 fully saturated rings. The van der Waals surface area contributed by atoms with Crippen LogP contribution in [-0.2, 0) is 6.42 Å². The highest BCUT2D eigenvalue weighted by atomic mass is 16.2. The number of amides is 1. The number of nitrogens with zero attached hydrogens (tertiary/aromatic N) is 1. The lowest BCUT2D eigenvalue weighted by Gasteiger charge is -2.23. The molecule has 4 nitrogen and oxygen atoms in total. The Hall–Kier alpha value is -2.95. The van der Waals surface area contributed by atoms with E-state index in [4.69, 9.17) is 0 Å². The van der Waals surface area contributed by atoms with Crippen LogP contribution in [0, 0.1) is 5.92 Å². The van der Waals surface area contributed by atoms with Crippen LogP contribution in [0.5, 0.6) is 0 Å². The molecule has 1 aliphatic carbocycles. The number of carbonyl (C=O) groups is 1. The van der Waals surface area contributed by atoms with E-state index in [-0.39, 0.29) is 5.91 Å². The molecule has 174 valence electrons. The fraction of sp³-hybridized carbons (Fsp3) is 0.367. The predicted octanol–water partition coefficient (Wildman–Crippen LogP) is 5.00. The van der Waals surface area contributed by atoms with Crippen LogP contribution in [0.1, 0.15) is 46.7 Å². The van der Waals surface area contributed by atoms with E-state index in [0.29, 0.717) is 12.0 Å². The van der Waals surface area contributed by atoms with Crippen LogP contribution >= 0.6 is 0 Å². The molecule has 4 heteroatoms. The quantitative estimate of drug-likeness (QED) is 0.554. The molecule has 0 aromatic heterocycles. The van der Waals surface area contributed by atoms with Gasteiger partial charge in [0.1, 0.15) is 0 Å². The molecule has 6 rings (SSSR count). The number of rotatable bonds is 6. The summed E-state index contributed by atoms with van der Waals surface area (Å²) in [6.07, 6.45) is 4.77. The van der Waals surface area contributed by atoms with Crippen molar-refractivity contribution in [1.82, 2.24) is 10.6 Å². The van der Waals surface area contributed by atoms with E-state index in [1.807, 2.05) is 47.4 Å². The topological polar surface area (TPSA) is 44.4 Å². The average molecular weight is 452 g/mol. The van der Waals surface area contributed by atoms with Crippen molar-refractivity contribution in [3.8, 4) is 11.1 Å². The van der Waals surface area contributed by atoms with Crippen molar-refractivity contribution in [2.45, 2.75) is 37.6 Å². The maximum absolute atomic E-state index is 13.3. The molecule has 3 aromatic carbocycles. The third-order valence-corrected chi connectivity index (χ3v) is 7.83. The van der Waals surface area contributed by atoms with Gasteiger partial charge >= 0.3 is 0 Å². The first kappa shape index (κ1) is 21.6. The van der Waals surface area contributed by atoms with E-state index in [1.54, 1.807) is 0 Å². The van der Waals surface area contributed by atoms with Crippen LogP contribution in [-0.4, -0.2) is 38.1 Å². The molecule has 0 bridgehead atoms. The first-order valence-corrected chi connectivity index (χ1v) is 12.8. The molecule has 34 heavy (non-hydrogen) atoms. The Balaban J connectivity index is 1.10. The van der Waals surface area contributed by atoms with Gasteiger partial charge in [-0.2, -0.15) is 0 Å². The van der Waals surface area contributed by atoms with Gasteiger partial charge in [0, 0.05) is 29.8 Å². The molecule has 0 unspecified atom stereocenters. The van der Waals surface area contributed by atoms with E-state index in [2.05, 4.69) is 41.0 Å². The summed E-state index contributed by atoms with van der Waals surface area (Å²) in [6, 6.07) is 25.7. The second-order valence-electron chi connectivity index (χ2n) is 10.1. The first-order chi connectivity index (χ1) is 16.8. The number of nitrogens with one attached hydrogen (secondary N) is 2. The molecule has 1 saturated carbocycles. The number of hydrogen-bond donors (Lipinski definition) is 2. The van der Waals surface area contributed by atoms with E-state index in [9.17, 15) is 4.79 Å². The highest BCUT2D eigenvalue weighted by molar-refractivity contribution is 6.07. The van der Waals surface area contributed by atoms with Crippen molar-refractivity contribution < 1.29 is 4.79 Å². The van der Waals surface area contributed by atoms with Crippen molar-refractivity contribution in [3.63, 3.8) is 0 Å².